The van der Waals surface area contributed by atoms with Gasteiger partial charge in [0.1, 0.15) is 6.54 Å². The molecule has 6 nitrogen and oxygen atoms in total. The van der Waals surface area contributed by atoms with Gasteiger partial charge in [0.15, 0.2) is 5.78 Å². The van der Waals surface area contributed by atoms with Crippen molar-refractivity contribution in [1.29, 1.82) is 0 Å². The van der Waals surface area contributed by atoms with Gasteiger partial charge in [0.05, 0.1) is 22.4 Å². The molecule has 1 fully saturated rings. The maximum absolute atomic E-state index is 13.5. The molecule has 3 amide bonds. The van der Waals surface area contributed by atoms with E-state index in [0.29, 0.717) is 22.9 Å². The summed E-state index contributed by atoms with van der Waals surface area (Å²) < 4.78 is 0. The molecule has 0 spiro atoms. The maximum Gasteiger partial charge on any atom is 0.274 e. The van der Waals surface area contributed by atoms with Gasteiger partial charge in [-0.2, -0.15) is 5.01 Å². The van der Waals surface area contributed by atoms with Crippen molar-refractivity contribution in [3.05, 3.63) is 80.3 Å². The van der Waals surface area contributed by atoms with Crippen LogP contribution in [0.2, 0.25) is 15.1 Å². The predicted molar refractivity (Wildman–Crippen MR) is 125 cm³/mol. The van der Waals surface area contributed by atoms with Crippen LogP contribution in [0.25, 0.3) is 0 Å². The molecule has 2 atom stereocenters. The van der Waals surface area contributed by atoms with E-state index in [1.807, 2.05) is 13.0 Å². The summed E-state index contributed by atoms with van der Waals surface area (Å²) in [6.45, 7) is 1.37. The molecule has 2 aliphatic rings. The monoisotopic (exact) mass is 504 g/mol. The van der Waals surface area contributed by atoms with E-state index in [9.17, 15) is 19.2 Å². The Hall–Kier alpha value is -2.67. The van der Waals surface area contributed by atoms with Gasteiger partial charge >= 0.3 is 0 Å². The number of carbonyl (C=O) groups excluding carboxylic acids is 4. The molecule has 0 saturated carbocycles. The van der Waals surface area contributed by atoms with Crippen LogP contribution in [0.5, 0.6) is 0 Å². The Morgan fingerprint density at radius 3 is 2.27 bits per heavy atom. The van der Waals surface area contributed by atoms with E-state index < -0.39 is 41.9 Å². The van der Waals surface area contributed by atoms with Crippen molar-refractivity contribution in [2.75, 3.05) is 6.54 Å². The minimum Gasteiger partial charge on any atom is -0.292 e. The fourth-order valence-corrected chi connectivity index (χ4v) is 4.77. The summed E-state index contributed by atoms with van der Waals surface area (Å²) in [6.07, 6.45) is 2.77. The van der Waals surface area contributed by atoms with E-state index in [1.54, 1.807) is 12.1 Å². The third-order valence-electron chi connectivity index (χ3n) is 5.90. The summed E-state index contributed by atoms with van der Waals surface area (Å²) in [5, 5.41) is 2.53. The Balaban J connectivity index is 1.72. The number of Topliss-reactive ketones (excluding diaryl/α,β-unsaturated/α-hetero) is 1. The van der Waals surface area contributed by atoms with E-state index in [0.717, 1.165) is 15.6 Å². The molecule has 1 heterocycles. The number of nitrogens with zero attached hydrogens (tertiary/aromatic N) is 2. The Morgan fingerprint density at radius 1 is 0.970 bits per heavy atom. The fraction of sp³-hybridized carbons (Fsp3) is 0.250. The first kappa shape index (κ1) is 23.5. The molecule has 4 rings (SSSR count). The number of fused-ring (bicyclic) bond motifs is 1. The summed E-state index contributed by atoms with van der Waals surface area (Å²) in [5.41, 5.74) is 1.32. The normalized spacial score (nSPS) is 19.9. The lowest BCUT2D eigenvalue weighted by Gasteiger charge is -2.30. The summed E-state index contributed by atoms with van der Waals surface area (Å²) in [6, 6.07) is 10.4. The van der Waals surface area contributed by atoms with Gasteiger partial charge in [-0.05, 0) is 62.2 Å². The number of amides is 3. The van der Waals surface area contributed by atoms with E-state index in [2.05, 4.69) is 0 Å². The highest BCUT2D eigenvalue weighted by atomic mass is 35.5. The number of hydrazine groups is 1. The number of ketones is 1. The third kappa shape index (κ3) is 4.56. The lowest BCUT2D eigenvalue weighted by Crippen LogP contribution is -2.52. The van der Waals surface area contributed by atoms with E-state index in [4.69, 9.17) is 34.8 Å². The first-order chi connectivity index (χ1) is 15.7. The zero-order chi connectivity index (χ0) is 23.9. The van der Waals surface area contributed by atoms with Gasteiger partial charge in [-0.25, -0.2) is 5.01 Å². The first-order valence-electron chi connectivity index (χ1n) is 10.3. The van der Waals surface area contributed by atoms with Crippen LogP contribution in [0.1, 0.15) is 40.5 Å². The number of carbonyl (C=O) groups is 4. The molecule has 0 aromatic heterocycles. The number of rotatable bonds is 5. The highest BCUT2D eigenvalue weighted by molar-refractivity contribution is 6.36. The van der Waals surface area contributed by atoms with Crippen LogP contribution < -0.4 is 0 Å². The van der Waals surface area contributed by atoms with Gasteiger partial charge in [0.2, 0.25) is 0 Å². The van der Waals surface area contributed by atoms with Crippen molar-refractivity contribution in [3.8, 4) is 0 Å². The summed E-state index contributed by atoms with van der Waals surface area (Å²) in [5.74, 6) is -3.35. The van der Waals surface area contributed by atoms with Gasteiger partial charge in [-0.3, -0.25) is 19.2 Å². The van der Waals surface area contributed by atoms with Crippen molar-refractivity contribution < 1.29 is 19.2 Å². The van der Waals surface area contributed by atoms with Gasteiger partial charge in [-0.15, -0.1) is 0 Å². The Kier molecular flexibility index (Phi) is 6.61. The highest BCUT2D eigenvalue weighted by Crippen LogP contribution is 2.39. The van der Waals surface area contributed by atoms with Crippen LogP contribution in [0.4, 0.5) is 0 Å². The largest absolute Gasteiger partial charge is 0.292 e. The van der Waals surface area contributed by atoms with Crippen LogP contribution in [0.3, 0.4) is 0 Å². The molecule has 170 valence electrons. The van der Waals surface area contributed by atoms with Gasteiger partial charge < -0.3 is 0 Å². The lowest BCUT2D eigenvalue weighted by molar-refractivity contribution is -0.154. The molecule has 2 aromatic rings. The Bertz CT molecular complexity index is 1190. The zero-order valence-electron chi connectivity index (χ0n) is 17.6. The predicted octanol–water partition coefficient (Wildman–Crippen LogP) is 5.23. The second-order valence-corrected chi connectivity index (χ2v) is 9.39. The summed E-state index contributed by atoms with van der Waals surface area (Å²) in [4.78, 5) is 53.0. The quantitative estimate of drug-likeness (QED) is 0.317. The number of allylic oxidation sites excluding steroid dienone is 2. The van der Waals surface area contributed by atoms with Crippen molar-refractivity contribution in [2.24, 2.45) is 11.8 Å². The Morgan fingerprint density at radius 2 is 1.61 bits per heavy atom. The number of halogens is 3. The van der Waals surface area contributed by atoms with Crippen molar-refractivity contribution >= 4 is 58.3 Å². The Labute approximate surface area is 205 Å². The average Bonchev–Trinajstić information content (AvgIpc) is 3.01. The SMILES string of the molecule is CC1=CC[C@H]2C(=O)N(N(CC(=O)c3ccc(Cl)cc3)C(=O)c3ccc(Cl)cc3Cl)C(=O)[C@H]2C1. The van der Waals surface area contributed by atoms with Crippen LogP contribution in [-0.2, 0) is 9.59 Å². The van der Waals surface area contributed by atoms with Crippen LogP contribution in [0.15, 0.2) is 54.1 Å². The smallest absolute Gasteiger partial charge is 0.274 e. The molecule has 1 saturated heterocycles. The molecule has 1 aliphatic carbocycles. The van der Waals surface area contributed by atoms with Crippen molar-refractivity contribution in [2.45, 2.75) is 19.8 Å². The number of hydrogen-bond acceptors (Lipinski definition) is 4. The zero-order valence-corrected chi connectivity index (χ0v) is 19.8. The number of imide groups is 1. The van der Waals surface area contributed by atoms with Gasteiger partial charge in [0.25, 0.3) is 17.7 Å². The van der Waals surface area contributed by atoms with Crippen molar-refractivity contribution in [1.82, 2.24) is 10.0 Å². The van der Waals surface area contributed by atoms with E-state index in [-0.39, 0.29) is 16.1 Å². The molecule has 2 aromatic carbocycles. The highest BCUT2D eigenvalue weighted by Gasteiger charge is 2.51. The van der Waals surface area contributed by atoms with Crippen LogP contribution >= 0.6 is 34.8 Å². The first-order valence-corrected chi connectivity index (χ1v) is 11.4. The van der Waals surface area contributed by atoms with E-state index in [1.165, 1.54) is 30.3 Å². The molecular weight excluding hydrogens is 487 g/mol. The standard InChI is InChI=1S/C24H19Cl3N2O4/c1-13-2-8-17-19(10-13)24(33)29(23(17)32)28(12-21(30)14-3-5-15(25)6-4-14)22(31)18-9-7-16(26)11-20(18)27/h2-7,9,11,17,19H,8,10,12H2,1H3/t17-,19+/m1/s1. The number of hydrogen-bond donors (Lipinski definition) is 0. The average molecular weight is 506 g/mol. The summed E-state index contributed by atoms with van der Waals surface area (Å²) >= 11 is 18.1. The fourth-order valence-electron chi connectivity index (χ4n) is 4.16. The molecule has 1 aliphatic heterocycles. The second-order valence-electron chi connectivity index (χ2n) is 8.11. The van der Waals surface area contributed by atoms with Gasteiger partial charge in [-0.1, -0.05) is 46.5 Å². The van der Waals surface area contributed by atoms with Gasteiger partial charge in [0, 0.05) is 15.6 Å². The second kappa shape index (κ2) is 9.29. The minimum atomic E-state index is -0.746. The lowest BCUT2D eigenvalue weighted by atomic mass is 9.82. The molecular formula is C24H19Cl3N2O4. The number of benzene rings is 2. The summed E-state index contributed by atoms with van der Waals surface area (Å²) in [7, 11) is 0. The topological polar surface area (TPSA) is 74.8 Å². The molecule has 0 radical (unpaired) electrons. The third-order valence-corrected chi connectivity index (χ3v) is 6.70. The van der Waals surface area contributed by atoms with Crippen LogP contribution in [-0.4, -0.2) is 40.1 Å². The maximum atomic E-state index is 13.5. The molecule has 0 N–H and O–H groups in total. The van der Waals surface area contributed by atoms with Crippen LogP contribution in [0, 0.1) is 11.8 Å². The van der Waals surface area contributed by atoms with Crippen molar-refractivity contribution in [3.63, 3.8) is 0 Å². The molecule has 33 heavy (non-hydrogen) atoms. The minimum absolute atomic E-state index is 0.0229. The molecule has 9 heteroatoms. The molecule has 0 bridgehead atoms. The molecule has 0 unspecified atom stereocenters. The van der Waals surface area contributed by atoms with E-state index >= 15 is 0 Å².